The Morgan fingerprint density at radius 3 is 2.76 bits per heavy atom. The van der Waals surface area contributed by atoms with Crippen molar-refractivity contribution in [2.24, 2.45) is 0 Å². The quantitative estimate of drug-likeness (QED) is 0.568. The first-order chi connectivity index (χ1) is 12.2. The van der Waals surface area contributed by atoms with Crippen molar-refractivity contribution in [3.8, 4) is 16.6 Å². The Morgan fingerprint density at radius 2 is 2.12 bits per heavy atom. The molecule has 2 aromatic heterocycles. The van der Waals surface area contributed by atoms with E-state index in [1.807, 2.05) is 64.8 Å². The molecule has 0 radical (unpaired) electrons. The SMILES string of the molecule is CNC(=O)/C(C#N)=C/c1cn(Cc2ccccc2)nc1-c1cccs1. The summed E-state index contributed by atoms with van der Waals surface area (Å²) < 4.78 is 1.83. The molecule has 0 saturated heterocycles. The van der Waals surface area contributed by atoms with E-state index < -0.39 is 5.91 Å². The lowest BCUT2D eigenvalue weighted by Gasteiger charge is -2.00. The maximum absolute atomic E-state index is 11.8. The topological polar surface area (TPSA) is 70.7 Å². The second kappa shape index (κ2) is 7.60. The van der Waals surface area contributed by atoms with Gasteiger partial charge in [0, 0.05) is 18.8 Å². The highest BCUT2D eigenvalue weighted by molar-refractivity contribution is 7.13. The second-order valence-corrected chi connectivity index (χ2v) is 6.29. The van der Waals surface area contributed by atoms with Gasteiger partial charge in [-0.1, -0.05) is 36.4 Å². The van der Waals surface area contributed by atoms with Crippen molar-refractivity contribution < 1.29 is 4.79 Å². The summed E-state index contributed by atoms with van der Waals surface area (Å²) in [6.45, 7) is 0.620. The second-order valence-electron chi connectivity index (χ2n) is 5.34. The average Bonchev–Trinajstić information content (AvgIpc) is 3.29. The van der Waals surface area contributed by atoms with Crippen molar-refractivity contribution in [3.05, 3.63) is 70.7 Å². The van der Waals surface area contributed by atoms with Gasteiger partial charge in [-0.05, 0) is 23.1 Å². The van der Waals surface area contributed by atoms with Crippen LogP contribution in [-0.2, 0) is 11.3 Å². The molecule has 0 atom stereocenters. The van der Waals surface area contributed by atoms with E-state index in [9.17, 15) is 10.1 Å². The number of likely N-dealkylation sites (N-methyl/N-ethyl adjacent to an activating group) is 1. The summed E-state index contributed by atoms with van der Waals surface area (Å²) >= 11 is 1.57. The normalized spacial score (nSPS) is 11.1. The molecule has 0 fully saturated rings. The number of nitrogens with zero attached hydrogens (tertiary/aromatic N) is 3. The van der Waals surface area contributed by atoms with Gasteiger partial charge in [-0.25, -0.2) is 0 Å². The fourth-order valence-electron chi connectivity index (χ4n) is 2.44. The minimum atomic E-state index is -0.407. The Kier molecular flexibility index (Phi) is 5.07. The molecule has 0 aliphatic heterocycles. The summed E-state index contributed by atoms with van der Waals surface area (Å²) in [7, 11) is 1.51. The molecule has 0 saturated carbocycles. The van der Waals surface area contributed by atoms with Gasteiger partial charge in [0.2, 0.25) is 0 Å². The minimum Gasteiger partial charge on any atom is -0.354 e. The minimum absolute atomic E-state index is 0.0552. The van der Waals surface area contributed by atoms with E-state index in [2.05, 4.69) is 10.4 Å². The molecule has 1 N–H and O–H groups in total. The van der Waals surface area contributed by atoms with Crippen LogP contribution in [0.3, 0.4) is 0 Å². The van der Waals surface area contributed by atoms with Gasteiger partial charge in [0.1, 0.15) is 17.3 Å². The summed E-state index contributed by atoms with van der Waals surface area (Å²) in [5, 5.41) is 18.4. The zero-order chi connectivity index (χ0) is 17.6. The number of hydrogen-bond donors (Lipinski definition) is 1. The van der Waals surface area contributed by atoms with Gasteiger partial charge < -0.3 is 5.32 Å². The molecule has 25 heavy (non-hydrogen) atoms. The Morgan fingerprint density at radius 1 is 1.32 bits per heavy atom. The first-order valence-electron chi connectivity index (χ1n) is 7.70. The van der Waals surface area contributed by atoms with Crippen molar-refractivity contribution >= 4 is 23.3 Å². The van der Waals surface area contributed by atoms with Gasteiger partial charge >= 0.3 is 0 Å². The van der Waals surface area contributed by atoms with Gasteiger partial charge in [0.05, 0.1) is 11.4 Å². The molecule has 124 valence electrons. The van der Waals surface area contributed by atoms with E-state index in [1.54, 1.807) is 17.4 Å². The van der Waals surface area contributed by atoms with E-state index in [-0.39, 0.29) is 5.57 Å². The number of nitrogens with one attached hydrogen (secondary N) is 1. The maximum Gasteiger partial charge on any atom is 0.261 e. The fraction of sp³-hybridized carbons (Fsp3) is 0.105. The number of carbonyl (C=O) groups excluding carboxylic acids is 1. The molecule has 0 spiro atoms. The van der Waals surface area contributed by atoms with Gasteiger partial charge in [-0.2, -0.15) is 10.4 Å². The van der Waals surface area contributed by atoms with Gasteiger partial charge in [0.15, 0.2) is 0 Å². The van der Waals surface area contributed by atoms with Crippen LogP contribution in [0.1, 0.15) is 11.1 Å². The lowest BCUT2D eigenvalue weighted by molar-refractivity contribution is -0.116. The summed E-state index contributed by atoms with van der Waals surface area (Å²) in [5.74, 6) is -0.407. The van der Waals surface area contributed by atoms with E-state index in [1.165, 1.54) is 7.05 Å². The van der Waals surface area contributed by atoms with Gasteiger partial charge in [-0.3, -0.25) is 9.48 Å². The fourth-order valence-corrected chi connectivity index (χ4v) is 3.17. The van der Waals surface area contributed by atoms with Crippen LogP contribution in [0.25, 0.3) is 16.6 Å². The molecular weight excluding hydrogens is 332 g/mol. The highest BCUT2D eigenvalue weighted by atomic mass is 32.1. The van der Waals surface area contributed by atoms with E-state index in [0.29, 0.717) is 6.54 Å². The van der Waals surface area contributed by atoms with Crippen molar-refractivity contribution in [1.82, 2.24) is 15.1 Å². The summed E-state index contributed by atoms with van der Waals surface area (Å²) in [4.78, 5) is 12.8. The number of benzene rings is 1. The largest absolute Gasteiger partial charge is 0.354 e. The highest BCUT2D eigenvalue weighted by Crippen LogP contribution is 2.28. The van der Waals surface area contributed by atoms with Crippen molar-refractivity contribution in [3.63, 3.8) is 0 Å². The lowest BCUT2D eigenvalue weighted by atomic mass is 10.1. The third-order valence-corrected chi connectivity index (χ3v) is 4.50. The lowest BCUT2D eigenvalue weighted by Crippen LogP contribution is -2.19. The van der Waals surface area contributed by atoms with E-state index in [4.69, 9.17) is 0 Å². The summed E-state index contributed by atoms with van der Waals surface area (Å²) in [6.07, 6.45) is 3.45. The highest BCUT2D eigenvalue weighted by Gasteiger charge is 2.14. The molecule has 5 nitrogen and oxygen atoms in total. The molecular formula is C19H16N4OS. The van der Waals surface area contributed by atoms with E-state index in [0.717, 1.165) is 21.7 Å². The molecule has 0 aliphatic carbocycles. The standard InChI is InChI=1S/C19H16N4OS/c1-21-19(24)15(11-20)10-16-13-23(12-14-6-3-2-4-7-14)22-18(16)17-8-5-9-25-17/h2-10,13H,12H2,1H3,(H,21,24)/b15-10+. The Balaban J connectivity index is 2.02. The monoisotopic (exact) mass is 348 g/mol. The maximum atomic E-state index is 11.8. The third kappa shape index (κ3) is 3.84. The molecule has 1 amide bonds. The number of rotatable bonds is 5. The number of hydrogen-bond acceptors (Lipinski definition) is 4. The molecule has 3 rings (SSSR count). The van der Waals surface area contributed by atoms with Crippen LogP contribution in [0.4, 0.5) is 0 Å². The molecule has 0 bridgehead atoms. The number of carbonyl (C=O) groups is 1. The molecule has 3 aromatic rings. The Labute approximate surface area is 149 Å². The summed E-state index contributed by atoms with van der Waals surface area (Å²) in [6, 6.07) is 15.9. The molecule has 1 aromatic carbocycles. The number of aromatic nitrogens is 2. The zero-order valence-corrected chi connectivity index (χ0v) is 14.5. The molecule has 6 heteroatoms. The van der Waals surface area contributed by atoms with Crippen LogP contribution in [0.5, 0.6) is 0 Å². The van der Waals surface area contributed by atoms with Crippen molar-refractivity contribution in [2.45, 2.75) is 6.54 Å². The first kappa shape index (κ1) is 16.7. The first-order valence-corrected chi connectivity index (χ1v) is 8.58. The van der Waals surface area contributed by atoms with Gasteiger partial charge in [0.25, 0.3) is 5.91 Å². The summed E-state index contributed by atoms with van der Waals surface area (Å²) in [5.41, 5.74) is 2.70. The van der Waals surface area contributed by atoms with Crippen molar-refractivity contribution in [1.29, 1.82) is 5.26 Å². The van der Waals surface area contributed by atoms with Crippen LogP contribution >= 0.6 is 11.3 Å². The molecule has 0 aliphatic rings. The number of amides is 1. The predicted molar refractivity (Wildman–Crippen MR) is 98.7 cm³/mol. The smallest absolute Gasteiger partial charge is 0.261 e. The molecule has 0 unspecified atom stereocenters. The number of nitriles is 1. The Bertz CT molecular complexity index is 934. The number of thiophene rings is 1. The van der Waals surface area contributed by atoms with Crippen LogP contribution in [0.15, 0.2) is 59.6 Å². The Hall–Kier alpha value is -3.17. The third-order valence-electron chi connectivity index (χ3n) is 3.62. The molecule has 2 heterocycles. The zero-order valence-electron chi connectivity index (χ0n) is 13.6. The predicted octanol–water partition coefficient (Wildman–Crippen LogP) is 3.31. The average molecular weight is 348 g/mol. The van der Waals surface area contributed by atoms with Crippen LogP contribution < -0.4 is 5.32 Å². The van der Waals surface area contributed by atoms with Crippen LogP contribution in [0.2, 0.25) is 0 Å². The van der Waals surface area contributed by atoms with Crippen LogP contribution in [-0.4, -0.2) is 22.7 Å². The van der Waals surface area contributed by atoms with Crippen LogP contribution in [0, 0.1) is 11.3 Å². The van der Waals surface area contributed by atoms with Gasteiger partial charge in [-0.15, -0.1) is 11.3 Å². The van der Waals surface area contributed by atoms with Crippen molar-refractivity contribution in [2.75, 3.05) is 7.05 Å². The van der Waals surface area contributed by atoms with E-state index >= 15 is 0 Å².